The van der Waals surface area contributed by atoms with Crippen LogP contribution in [0.5, 0.6) is 0 Å². The molecule has 4 heteroatoms. The molecule has 0 aliphatic carbocycles. The fourth-order valence-electron chi connectivity index (χ4n) is 2.54. The van der Waals surface area contributed by atoms with Crippen molar-refractivity contribution in [3.05, 3.63) is 40.7 Å². The summed E-state index contributed by atoms with van der Waals surface area (Å²) < 4.78 is 5.58. The van der Waals surface area contributed by atoms with Crippen molar-refractivity contribution in [2.45, 2.75) is 26.0 Å². The summed E-state index contributed by atoms with van der Waals surface area (Å²) in [7, 11) is 0. The molecule has 20 heavy (non-hydrogen) atoms. The molecule has 3 nitrogen and oxygen atoms in total. The lowest BCUT2D eigenvalue weighted by atomic mass is 10.0. The monoisotopic (exact) mass is 288 g/mol. The van der Waals surface area contributed by atoms with E-state index in [9.17, 15) is 0 Å². The molecule has 1 fully saturated rings. The first-order valence-corrected chi connectivity index (χ1v) is 8.03. The van der Waals surface area contributed by atoms with E-state index in [4.69, 9.17) is 4.74 Å². The second-order valence-corrected chi connectivity index (χ2v) is 6.19. The Kier molecular flexibility index (Phi) is 4.45. The van der Waals surface area contributed by atoms with E-state index in [-0.39, 0.29) is 0 Å². The molecule has 2 atom stereocenters. The molecule has 2 unspecified atom stereocenters. The highest BCUT2D eigenvalue weighted by atomic mass is 32.1. The van der Waals surface area contributed by atoms with Crippen molar-refractivity contribution in [3.8, 4) is 11.3 Å². The summed E-state index contributed by atoms with van der Waals surface area (Å²) in [6.45, 7) is 4.93. The van der Waals surface area contributed by atoms with Gasteiger partial charge in [0, 0.05) is 30.6 Å². The van der Waals surface area contributed by atoms with Gasteiger partial charge in [0.05, 0.1) is 11.8 Å². The van der Waals surface area contributed by atoms with E-state index < -0.39 is 0 Å². The molecule has 3 rings (SSSR count). The van der Waals surface area contributed by atoms with Gasteiger partial charge in [-0.1, -0.05) is 30.3 Å². The SMILES string of the molecule is CC1OCCC1CNCc1nc(-c2ccccc2)cs1. The van der Waals surface area contributed by atoms with E-state index in [0.717, 1.165) is 30.4 Å². The highest BCUT2D eigenvalue weighted by molar-refractivity contribution is 7.09. The second-order valence-electron chi connectivity index (χ2n) is 5.25. The predicted octanol–water partition coefficient (Wildman–Crippen LogP) is 3.32. The van der Waals surface area contributed by atoms with Crippen molar-refractivity contribution >= 4 is 11.3 Å². The molecule has 0 saturated carbocycles. The van der Waals surface area contributed by atoms with Gasteiger partial charge in [0.25, 0.3) is 0 Å². The van der Waals surface area contributed by atoms with Crippen LogP contribution in [0.15, 0.2) is 35.7 Å². The Hall–Kier alpha value is -1.23. The number of nitrogens with one attached hydrogen (secondary N) is 1. The molecule has 106 valence electrons. The lowest BCUT2D eigenvalue weighted by molar-refractivity contribution is 0.105. The number of ether oxygens (including phenoxy) is 1. The third-order valence-electron chi connectivity index (χ3n) is 3.84. The lowest BCUT2D eigenvalue weighted by Gasteiger charge is -2.13. The molecule has 0 spiro atoms. The molecule has 1 saturated heterocycles. The maximum absolute atomic E-state index is 5.58. The second kappa shape index (κ2) is 6.48. The van der Waals surface area contributed by atoms with Crippen molar-refractivity contribution < 1.29 is 4.74 Å². The number of nitrogens with zero attached hydrogens (tertiary/aromatic N) is 1. The molecular weight excluding hydrogens is 268 g/mol. The van der Waals surface area contributed by atoms with Gasteiger partial charge in [-0.25, -0.2) is 4.98 Å². The van der Waals surface area contributed by atoms with Gasteiger partial charge >= 0.3 is 0 Å². The molecule has 1 aliphatic rings. The molecule has 2 heterocycles. The molecule has 0 bridgehead atoms. The Bertz CT molecular complexity index is 540. The number of thiazole rings is 1. The first kappa shape index (κ1) is 13.7. The number of hydrogen-bond donors (Lipinski definition) is 1. The summed E-state index contributed by atoms with van der Waals surface area (Å²) in [5, 5.41) is 6.79. The van der Waals surface area contributed by atoms with Crippen LogP contribution in [0.25, 0.3) is 11.3 Å². The van der Waals surface area contributed by atoms with Gasteiger partial charge in [-0.2, -0.15) is 0 Å². The number of hydrogen-bond acceptors (Lipinski definition) is 4. The Labute approximate surface area is 124 Å². The van der Waals surface area contributed by atoms with Crippen LogP contribution in [-0.2, 0) is 11.3 Å². The molecule has 0 amide bonds. The van der Waals surface area contributed by atoms with E-state index in [0.29, 0.717) is 12.0 Å². The van der Waals surface area contributed by atoms with Crippen molar-refractivity contribution in [1.82, 2.24) is 10.3 Å². The van der Waals surface area contributed by atoms with E-state index in [1.807, 2.05) is 18.2 Å². The summed E-state index contributed by atoms with van der Waals surface area (Å²) in [6, 6.07) is 10.3. The van der Waals surface area contributed by atoms with Crippen LogP contribution >= 0.6 is 11.3 Å². The largest absolute Gasteiger partial charge is 0.378 e. The van der Waals surface area contributed by atoms with E-state index in [1.165, 1.54) is 12.0 Å². The van der Waals surface area contributed by atoms with Crippen LogP contribution in [-0.4, -0.2) is 24.2 Å². The minimum Gasteiger partial charge on any atom is -0.378 e. The predicted molar refractivity (Wildman–Crippen MR) is 82.8 cm³/mol. The minimum atomic E-state index is 0.388. The fraction of sp³-hybridized carbons (Fsp3) is 0.438. The van der Waals surface area contributed by atoms with Gasteiger partial charge in [0.15, 0.2) is 0 Å². The zero-order chi connectivity index (χ0) is 13.8. The summed E-state index contributed by atoms with van der Waals surface area (Å²) in [5.74, 6) is 0.642. The third-order valence-corrected chi connectivity index (χ3v) is 4.69. The first-order chi connectivity index (χ1) is 9.83. The van der Waals surface area contributed by atoms with E-state index in [1.54, 1.807) is 11.3 Å². The average Bonchev–Trinajstić information content (AvgIpc) is 3.10. The Morgan fingerprint density at radius 1 is 1.35 bits per heavy atom. The van der Waals surface area contributed by atoms with Crippen molar-refractivity contribution in [2.24, 2.45) is 5.92 Å². The quantitative estimate of drug-likeness (QED) is 0.916. The average molecular weight is 288 g/mol. The standard InChI is InChI=1S/C16H20N2OS/c1-12-14(7-8-19-12)9-17-10-16-18-15(11-20-16)13-5-3-2-4-6-13/h2-6,11-12,14,17H,7-10H2,1H3. The number of rotatable bonds is 5. The number of aromatic nitrogens is 1. The van der Waals surface area contributed by atoms with Gasteiger partial charge in [-0.05, 0) is 19.3 Å². The highest BCUT2D eigenvalue weighted by Gasteiger charge is 2.23. The highest BCUT2D eigenvalue weighted by Crippen LogP contribution is 2.22. The fourth-order valence-corrected chi connectivity index (χ4v) is 3.32. The van der Waals surface area contributed by atoms with Gasteiger partial charge in [-0.15, -0.1) is 11.3 Å². The maximum Gasteiger partial charge on any atom is 0.107 e. The minimum absolute atomic E-state index is 0.388. The Morgan fingerprint density at radius 3 is 2.95 bits per heavy atom. The van der Waals surface area contributed by atoms with Gasteiger partial charge < -0.3 is 10.1 Å². The summed E-state index contributed by atoms with van der Waals surface area (Å²) in [6.07, 6.45) is 1.56. The van der Waals surface area contributed by atoms with Crippen LogP contribution in [0.3, 0.4) is 0 Å². The Balaban J connectivity index is 1.53. The lowest BCUT2D eigenvalue weighted by Crippen LogP contribution is -2.26. The topological polar surface area (TPSA) is 34.1 Å². The van der Waals surface area contributed by atoms with Crippen LogP contribution in [0.4, 0.5) is 0 Å². The van der Waals surface area contributed by atoms with Crippen LogP contribution < -0.4 is 5.32 Å². The van der Waals surface area contributed by atoms with Crippen molar-refractivity contribution in [1.29, 1.82) is 0 Å². The van der Waals surface area contributed by atoms with Crippen LogP contribution in [0.1, 0.15) is 18.4 Å². The molecule has 0 radical (unpaired) electrons. The maximum atomic E-state index is 5.58. The summed E-state index contributed by atoms with van der Waals surface area (Å²) >= 11 is 1.72. The van der Waals surface area contributed by atoms with E-state index >= 15 is 0 Å². The normalized spacial score (nSPS) is 22.2. The van der Waals surface area contributed by atoms with E-state index in [2.05, 4.69) is 34.7 Å². The van der Waals surface area contributed by atoms with Gasteiger partial charge in [0.2, 0.25) is 0 Å². The first-order valence-electron chi connectivity index (χ1n) is 7.15. The summed E-state index contributed by atoms with van der Waals surface area (Å²) in [5.41, 5.74) is 2.26. The van der Waals surface area contributed by atoms with Crippen molar-refractivity contribution in [3.63, 3.8) is 0 Å². The summed E-state index contributed by atoms with van der Waals surface area (Å²) in [4.78, 5) is 4.69. The molecule has 1 aromatic carbocycles. The third kappa shape index (κ3) is 3.26. The molecule has 2 aromatic rings. The molecule has 1 aliphatic heterocycles. The molecule has 1 aromatic heterocycles. The van der Waals surface area contributed by atoms with Gasteiger partial charge in [0.1, 0.15) is 5.01 Å². The molecular formula is C16H20N2OS. The zero-order valence-electron chi connectivity index (χ0n) is 11.7. The smallest absolute Gasteiger partial charge is 0.107 e. The zero-order valence-corrected chi connectivity index (χ0v) is 12.5. The van der Waals surface area contributed by atoms with Gasteiger partial charge in [-0.3, -0.25) is 0 Å². The van der Waals surface area contributed by atoms with Crippen LogP contribution in [0.2, 0.25) is 0 Å². The van der Waals surface area contributed by atoms with Crippen molar-refractivity contribution in [2.75, 3.05) is 13.2 Å². The van der Waals surface area contributed by atoms with Crippen LogP contribution in [0, 0.1) is 5.92 Å². The molecule has 1 N–H and O–H groups in total. The Morgan fingerprint density at radius 2 is 2.20 bits per heavy atom. The number of benzene rings is 1.